The Labute approximate surface area is 124 Å². The average molecular weight is 271 g/mol. The molecule has 3 rings (SSSR count). The van der Waals surface area contributed by atoms with Gasteiger partial charge in [0, 0.05) is 12.1 Å². The Morgan fingerprint density at radius 3 is 2.45 bits per heavy atom. The molecule has 2 aliphatic carbocycles. The first-order valence-corrected chi connectivity index (χ1v) is 8.45. The van der Waals surface area contributed by atoms with E-state index in [1.165, 1.54) is 44.9 Å². The third-order valence-corrected chi connectivity index (χ3v) is 5.41. The highest BCUT2D eigenvalue weighted by Gasteiger charge is 2.34. The molecular formula is C19H29N. The van der Waals surface area contributed by atoms with Crippen LogP contribution in [0.3, 0.4) is 0 Å². The standard InChI is InChI=1S/C19H29N/c1-19(2)13-12-16(14-19)20-18-11-7-6-10-17(18)15-8-4-3-5-9-15/h3-5,8-9,16-18,20H,6-7,10-14H2,1-2H3. The van der Waals surface area contributed by atoms with Gasteiger partial charge in [-0.25, -0.2) is 0 Å². The fraction of sp³-hybridized carbons (Fsp3) is 0.684. The molecule has 2 saturated carbocycles. The quantitative estimate of drug-likeness (QED) is 0.826. The monoisotopic (exact) mass is 271 g/mol. The minimum atomic E-state index is 0.550. The lowest BCUT2D eigenvalue weighted by molar-refractivity contribution is 0.286. The number of rotatable bonds is 3. The molecule has 1 heteroatoms. The van der Waals surface area contributed by atoms with Gasteiger partial charge in [0.1, 0.15) is 0 Å². The van der Waals surface area contributed by atoms with E-state index in [-0.39, 0.29) is 0 Å². The molecule has 0 heterocycles. The highest BCUT2D eigenvalue weighted by atomic mass is 15.0. The van der Waals surface area contributed by atoms with E-state index in [0.717, 1.165) is 12.0 Å². The fourth-order valence-corrected chi connectivity index (χ4v) is 4.31. The van der Waals surface area contributed by atoms with Crippen molar-refractivity contribution in [2.45, 2.75) is 76.8 Å². The van der Waals surface area contributed by atoms with Crippen LogP contribution in [0.2, 0.25) is 0 Å². The van der Waals surface area contributed by atoms with Gasteiger partial charge in [0.15, 0.2) is 0 Å². The van der Waals surface area contributed by atoms with Crippen LogP contribution in [-0.2, 0) is 0 Å². The summed E-state index contributed by atoms with van der Waals surface area (Å²) in [7, 11) is 0. The van der Waals surface area contributed by atoms with Gasteiger partial charge in [0.2, 0.25) is 0 Å². The molecule has 1 nitrogen and oxygen atoms in total. The molecular weight excluding hydrogens is 242 g/mol. The number of hydrogen-bond donors (Lipinski definition) is 1. The molecule has 2 aliphatic rings. The van der Waals surface area contributed by atoms with Crippen molar-refractivity contribution in [3.63, 3.8) is 0 Å². The van der Waals surface area contributed by atoms with Gasteiger partial charge in [0.05, 0.1) is 0 Å². The van der Waals surface area contributed by atoms with Crippen molar-refractivity contribution < 1.29 is 0 Å². The number of nitrogens with one attached hydrogen (secondary N) is 1. The van der Waals surface area contributed by atoms with Crippen LogP contribution in [0.15, 0.2) is 30.3 Å². The smallest absolute Gasteiger partial charge is 0.0138 e. The van der Waals surface area contributed by atoms with Gasteiger partial charge in [-0.05, 0) is 49.0 Å². The highest BCUT2D eigenvalue weighted by Crippen LogP contribution is 2.39. The summed E-state index contributed by atoms with van der Waals surface area (Å²) in [6.45, 7) is 4.84. The summed E-state index contributed by atoms with van der Waals surface area (Å²) in [6.07, 6.45) is 9.61. The van der Waals surface area contributed by atoms with E-state index in [1.807, 2.05) is 0 Å². The molecule has 0 bridgehead atoms. The second-order valence-electron chi connectivity index (χ2n) is 7.68. The van der Waals surface area contributed by atoms with E-state index >= 15 is 0 Å². The second-order valence-corrected chi connectivity index (χ2v) is 7.68. The van der Waals surface area contributed by atoms with Gasteiger partial charge < -0.3 is 5.32 Å². The van der Waals surface area contributed by atoms with E-state index in [2.05, 4.69) is 49.5 Å². The van der Waals surface area contributed by atoms with Crippen molar-refractivity contribution in [3.8, 4) is 0 Å². The van der Waals surface area contributed by atoms with Crippen LogP contribution < -0.4 is 5.32 Å². The lowest BCUT2D eigenvalue weighted by Crippen LogP contribution is -2.42. The van der Waals surface area contributed by atoms with Crippen molar-refractivity contribution in [2.24, 2.45) is 5.41 Å². The molecule has 1 aromatic rings. The van der Waals surface area contributed by atoms with Crippen LogP contribution in [0, 0.1) is 5.41 Å². The van der Waals surface area contributed by atoms with Crippen LogP contribution >= 0.6 is 0 Å². The normalized spacial score (nSPS) is 33.2. The Morgan fingerprint density at radius 1 is 1.00 bits per heavy atom. The maximum atomic E-state index is 4.02. The van der Waals surface area contributed by atoms with Crippen LogP contribution in [0.4, 0.5) is 0 Å². The molecule has 2 fully saturated rings. The van der Waals surface area contributed by atoms with E-state index < -0.39 is 0 Å². The Bertz CT molecular complexity index is 423. The Kier molecular flexibility index (Phi) is 4.16. The van der Waals surface area contributed by atoms with Gasteiger partial charge in [0.25, 0.3) is 0 Å². The van der Waals surface area contributed by atoms with Crippen LogP contribution in [0.25, 0.3) is 0 Å². The maximum Gasteiger partial charge on any atom is 0.0138 e. The van der Waals surface area contributed by atoms with Crippen LogP contribution in [-0.4, -0.2) is 12.1 Å². The molecule has 0 aromatic heterocycles. The third kappa shape index (κ3) is 3.25. The molecule has 110 valence electrons. The van der Waals surface area contributed by atoms with E-state index in [4.69, 9.17) is 0 Å². The Morgan fingerprint density at radius 2 is 1.75 bits per heavy atom. The molecule has 0 aliphatic heterocycles. The summed E-state index contributed by atoms with van der Waals surface area (Å²) in [5.74, 6) is 0.730. The maximum absolute atomic E-state index is 4.02. The van der Waals surface area contributed by atoms with Crippen molar-refractivity contribution in [3.05, 3.63) is 35.9 Å². The molecule has 3 atom stereocenters. The van der Waals surface area contributed by atoms with Gasteiger partial charge in [-0.3, -0.25) is 0 Å². The van der Waals surface area contributed by atoms with Gasteiger partial charge >= 0.3 is 0 Å². The number of hydrogen-bond acceptors (Lipinski definition) is 1. The van der Waals surface area contributed by atoms with E-state index in [1.54, 1.807) is 5.56 Å². The van der Waals surface area contributed by atoms with Crippen LogP contribution in [0.1, 0.15) is 70.3 Å². The van der Waals surface area contributed by atoms with E-state index in [0.29, 0.717) is 11.5 Å². The predicted octanol–water partition coefficient (Wildman–Crippen LogP) is 4.88. The average Bonchev–Trinajstić information content (AvgIpc) is 2.79. The largest absolute Gasteiger partial charge is 0.311 e. The van der Waals surface area contributed by atoms with Crippen molar-refractivity contribution in [2.75, 3.05) is 0 Å². The zero-order chi connectivity index (χ0) is 14.0. The summed E-state index contributed by atoms with van der Waals surface area (Å²) in [5.41, 5.74) is 2.09. The second kappa shape index (κ2) is 5.89. The van der Waals surface area contributed by atoms with Gasteiger partial charge in [-0.2, -0.15) is 0 Å². The molecule has 3 unspecified atom stereocenters. The first kappa shape index (κ1) is 14.1. The van der Waals surface area contributed by atoms with Crippen molar-refractivity contribution >= 4 is 0 Å². The third-order valence-electron chi connectivity index (χ3n) is 5.41. The summed E-state index contributed by atoms with van der Waals surface area (Å²) >= 11 is 0. The lowest BCUT2D eigenvalue weighted by Gasteiger charge is -2.35. The SMILES string of the molecule is CC1(C)CCC(NC2CCCCC2c2ccccc2)C1. The van der Waals surface area contributed by atoms with Crippen molar-refractivity contribution in [1.82, 2.24) is 5.32 Å². The van der Waals surface area contributed by atoms with E-state index in [9.17, 15) is 0 Å². The minimum absolute atomic E-state index is 0.550. The van der Waals surface area contributed by atoms with Gasteiger partial charge in [-0.15, -0.1) is 0 Å². The fourth-order valence-electron chi connectivity index (χ4n) is 4.31. The lowest BCUT2D eigenvalue weighted by atomic mass is 9.79. The van der Waals surface area contributed by atoms with Crippen LogP contribution in [0.5, 0.6) is 0 Å². The zero-order valence-electron chi connectivity index (χ0n) is 13.1. The molecule has 20 heavy (non-hydrogen) atoms. The minimum Gasteiger partial charge on any atom is -0.311 e. The van der Waals surface area contributed by atoms with Crippen molar-refractivity contribution in [1.29, 1.82) is 0 Å². The first-order valence-electron chi connectivity index (χ1n) is 8.45. The molecule has 0 radical (unpaired) electrons. The Balaban J connectivity index is 1.67. The molecule has 0 amide bonds. The summed E-state index contributed by atoms with van der Waals surface area (Å²) < 4.78 is 0. The Hall–Kier alpha value is -0.820. The summed E-state index contributed by atoms with van der Waals surface area (Å²) in [4.78, 5) is 0. The summed E-state index contributed by atoms with van der Waals surface area (Å²) in [6, 6.07) is 12.6. The highest BCUT2D eigenvalue weighted by molar-refractivity contribution is 5.22. The number of benzene rings is 1. The predicted molar refractivity (Wildman–Crippen MR) is 86.0 cm³/mol. The van der Waals surface area contributed by atoms with Gasteiger partial charge in [-0.1, -0.05) is 57.0 Å². The molecule has 1 aromatic carbocycles. The summed E-state index contributed by atoms with van der Waals surface area (Å²) in [5, 5.41) is 4.02. The zero-order valence-corrected chi connectivity index (χ0v) is 13.1. The molecule has 0 saturated heterocycles. The molecule has 1 N–H and O–H groups in total. The topological polar surface area (TPSA) is 12.0 Å². The first-order chi connectivity index (χ1) is 9.64. The molecule has 0 spiro atoms.